The van der Waals surface area contributed by atoms with Crippen LogP contribution >= 0.6 is 23.2 Å². The average molecular weight is 291 g/mol. The lowest BCUT2D eigenvalue weighted by molar-refractivity contribution is 0.225. The van der Waals surface area contributed by atoms with Gasteiger partial charge < -0.3 is 5.32 Å². The molecule has 1 fully saturated rings. The van der Waals surface area contributed by atoms with Crippen molar-refractivity contribution < 1.29 is 4.39 Å². The standard InChI is InChI=1S/C13H17Cl2FN2/c1-9(18-5-2-3-17-4-6-18)10-7-13(16)12(15)8-11(10)14/h7-9,17H,2-6H2,1H3. The Morgan fingerprint density at radius 2 is 2.00 bits per heavy atom. The van der Waals surface area contributed by atoms with Crippen LogP contribution in [-0.2, 0) is 0 Å². The van der Waals surface area contributed by atoms with E-state index < -0.39 is 5.82 Å². The molecule has 0 saturated carbocycles. The Balaban J connectivity index is 2.21. The number of rotatable bonds is 2. The molecule has 0 bridgehead atoms. The Kier molecular flexibility index (Phi) is 4.84. The molecular formula is C13H17Cl2FN2. The van der Waals surface area contributed by atoms with Gasteiger partial charge >= 0.3 is 0 Å². The Bertz CT molecular complexity index is 418. The van der Waals surface area contributed by atoms with Crippen LogP contribution in [0.25, 0.3) is 0 Å². The highest BCUT2D eigenvalue weighted by molar-refractivity contribution is 6.35. The Morgan fingerprint density at radius 3 is 2.78 bits per heavy atom. The lowest BCUT2D eigenvalue weighted by Gasteiger charge is -2.28. The van der Waals surface area contributed by atoms with Crippen molar-refractivity contribution in [1.29, 1.82) is 0 Å². The number of benzene rings is 1. The van der Waals surface area contributed by atoms with Crippen molar-refractivity contribution in [3.05, 3.63) is 33.6 Å². The molecule has 0 radical (unpaired) electrons. The van der Waals surface area contributed by atoms with E-state index >= 15 is 0 Å². The van der Waals surface area contributed by atoms with E-state index in [1.807, 2.05) is 0 Å². The lowest BCUT2D eigenvalue weighted by atomic mass is 10.1. The number of nitrogens with zero attached hydrogens (tertiary/aromatic N) is 1. The first-order chi connectivity index (χ1) is 8.59. The molecule has 1 N–H and O–H groups in total. The number of halogens is 3. The fraction of sp³-hybridized carbons (Fsp3) is 0.538. The van der Waals surface area contributed by atoms with Gasteiger partial charge in [-0.3, -0.25) is 4.90 Å². The fourth-order valence-electron chi connectivity index (χ4n) is 2.31. The largest absolute Gasteiger partial charge is 0.315 e. The van der Waals surface area contributed by atoms with E-state index in [2.05, 4.69) is 17.1 Å². The molecule has 0 aromatic heterocycles. The normalized spacial score (nSPS) is 19.6. The van der Waals surface area contributed by atoms with Crippen LogP contribution in [0.15, 0.2) is 12.1 Å². The van der Waals surface area contributed by atoms with Crippen molar-refractivity contribution in [3.63, 3.8) is 0 Å². The van der Waals surface area contributed by atoms with Gasteiger partial charge in [0.25, 0.3) is 0 Å². The van der Waals surface area contributed by atoms with E-state index in [1.54, 1.807) is 0 Å². The van der Waals surface area contributed by atoms with Crippen molar-refractivity contribution in [2.45, 2.75) is 19.4 Å². The quantitative estimate of drug-likeness (QED) is 0.839. The predicted octanol–water partition coefficient (Wildman–Crippen LogP) is 3.49. The van der Waals surface area contributed by atoms with Crippen molar-refractivity contribution >= 4 is 23.2 Å². The second-order valence-electron chi connectivity index (χ2n) is 4.60. The van der Waals surface area contributed by atoms with Gasteiger partial charge in [-0.2, -0.15) is 0 Å². The topological polar surface area (TPSA) is 15.3 Å². The zero-order valence-corrected chi connectivity index (χ0v) is 11.9. The molecule has 1 saturated heterocycles. The van der Waals surface area contributed by atoms with Crippen LogP contribution in [0.2, 0.25) is 10.0 Å². The molecule has 0 amide bonds. The van der Waals surface area contributed by atoms with Crippen LogP contribution in [0.4, 0.5) is 4.39 Å². The summed E-state index contributed by atoms with van der Waals surface area (Å²) in [6, 6.07) is 3.04. The van der Waals surface area contributed by atoms with E-state index in [-0.39, 0.29) is 11.1 Å². The third-order valence-corrected chi connectivity index (χ3v) is 4.03. The number of hydrogen-bond acceptors (Lipinski definition) is 2. The Morgan fingerprint density at radius 1 is 1.22 bits per heavy atom. The van der Waals surface area contributed by atoms with Gasteiger partial charge in [0.2, 0.25) is 0 Å². The molecule has 1 atom stereocenters. The van der Waals surface area contributed by atoms with E-state index in [9.17, 15) is 4.39 Å². The van der Waals surface area contributed by atoms with Crippen LogP contribution < -0.4 is 5.32 Å². The lowest BCUT2D eigenvalue weighted by Crippen LogP contribution is -2.31. The summed E-state index contributed by atoms with van der Waals surface area (Å²) in [4.78, 5) is 2.31. The van der Waals surface area contributed by atoms with Gasteiger partial charge in [0.15, 0.2) is 0 Å². The molecule has 1 aliphatic heterocycles. The molecule has 100 valence electrons. The second-order valence-corrected chi connectivity index (χ2v) is 5.42. The van der Waals surface area contributed by atoms with Gasteiger partial charge in [-0.05, 0) is 44.1 Å². The maximum absolute atomic E-state index is 13.5. The molecule has 1 heterocycles. The summed E-state index contributed by atoms with van der Waals surface area (Å²) in [5.41, 5.74) is 0.806. The summed E-state index contributed by atoms with van der Waals surface area (Å²) in [6.07, 6.45) is 1.10. The fourth-order valence-corrected chi connectivity index (χ4v) is 2.85. The number of hydrogen-bond donors (Lipinski definition) is 1. The van der Waals surface area contributed by atoms with Crippen LogP contribution in [0.5, 0.6) is 0 Å². The minimum absolute atomic E-state index is 0.0773. The monoisotopic (exact) mass is 290 g/mol. The SMILES string of the molecule is CC(c1cc(F)c(Cl)cc1Cl)N1CCCNCC1. The third-order valence-electron chi connectivity index (χ3n) is 3.41. The average Bonchev–Trinajstić information content (AvgIpc) is 2.61. The van der Waals surface area contributed by atoms with Crippen LogP contribution in [0.1, 0.15) is 24.9 Å². The van der Waals surface area contributed by atoms with Crippen molar-refractivity contribution in [3.8, 4) is 0 Å². The zero-order chi connectivity index (χ0) is 13.1. The summed E-state index contributed by atoms with van der Waals surface area (Å²) in [5, 5.41) is 3.96. The first-order valence-electron chi connectivity index (χ1n) is 6.19. The number of nitrogens with one attached hydrogen (secondary N) is 1. The van der Waals surface area contributed by atoms with Gasteiger partial charge in [0.05, 0.1) is 5.02 Å². The van der Waals surface area contributed by atoms with E-state index in [0.717, 1.165) is 38.2 Å². The molecule has 0 spiro atoms. The molecule has 1 aromatic rings. The summed E-state index contributed by atoms with van der Waals surface area (Å²) < 4.78 is 13.5. The maximum Gasteiger partial charge on any atom is 0.142 e. The van der Waals surface area contributed by atoms with Crippen LogP contribution in [-0.4, -0.2) is 31.1 Å². The van der Waals surface area contributed by atoms with Gasteiger partial charge in [-0.25, -0.2) is 4.39 Å². The van der Waals surface area contributed by atoms with Crippen molar-refractivity contribution in [1.82, 2.24) is 10.2 Å². The minimum Gasteiger partial charge on any atom is -0.315 e. The van der Waals surface area contributed by atoms with Crippen LogP contribution in [0, 0.1) is 5.82 Å². The van der Waals surface area contributed by atoms with Gasteiger partial charge in [-0.1, -0.05) is 23.2 Å². The van der Waals surface area contributed by atoms with Gasteiger partial charge in [0, 0.05) is 24.2 Å². The molecule has 1 aromatic carbocycles. The summed E-state index contributed by atoms with van der Waals surface area (Å²) in [6.45, 7) is 5.99. The highest BCUT2D eigenvalue weighted by Gasteiger charge is 2.20. The van der Waals surface area contributed by atoms with Crippen molar-refractivity contribution in [2.75, 3.05) is 26.2 Å². The van der Waals surface area contributed by atoms with E-state index in [1.165, 1.54) is 12.1 Å². The predicted molar refractivity (Wildman–Crippen MR) is 73.9 cm³/mol. The van der Waals surface area contributed by atoms with Gasteiger partial charge in [-0.15, -0.1) is 0 Å². The molecule has 1 aliphatic rings. The van der Waals surface area contributed by atoms with Crippen LogP contribution in [0.3, 0.4) is 0 Å². The van der Waals surface area contributed by atoms with Crippen molar-refractivity contribution in [2.24, 2.45) is 0 Å². The molecule has 2 rings (SSSR count). The molecule has 5 heteroatoms. The molecule has 2 nitrogen and oxygen atoms in total. The molecule has 1 unspecified atom stereocenters. The molecular weight excluding hydrogens is 274 g/mol. The zero-order valence-electron chi connectivity index (χ0n) is 10.3. The highest BCUT2D eigenvalue weighted by atomic mass is 35.5. The van der Waals surface area contributed by atoms with Gasteiger partial charge in [0.1, 0.15) is 5.82 Å². The van der Waals surface area contributed by atoms with E-state index in [4.69, 9.17) is 23.2 Å². The molecule has 18 heavy (non-hydrogen) atoms. The summed E-state index contributed by atoms with van der Waals surface area (Å²) >= 11 is 11.9. The Labute approximate surface area is 117 Å². The summed E-state index contributed by atoms with van der Waals surface area (Å²) in [5.74, 6) is -0.407. The third kappa shape index (κ3) is 3.15. The Hall–Kier alpha value is -0.350. The second kappa shape index (κ2) is 6.20. The maximum atomic E-state index is 13.5. The molecule has 0 aliphatic carbocycles. The first-order valence-corrected chi connectivity index (χ1v) is 6.94. The minimum atomic E-state index is -0.407. The van der Waals surface area contributed by atoms with E-state index in [0.29, 0.717) is 5.02 Å². The first kappa shape index (κ1) is 14.1. The summed E-state index contributed by atoms with van der Waals surface area (Å²) in [7, 11) is 0. The smallest absolute Gasteiger partial charge is 0.142 e. The highest BCUT2D eigenvalue weighted by Crippen LogP contribution is 2.31.